The quantitative estimate of drug-likeness (QED) is 0.794. The number of benzene rings is 1. The van der Waals surface area contributed by atoms with E-state index in [0.29, 0.717) is 0 Å². The summed E-state index contributed by atoms with van der Waals surface area (Å²) in [6, 6.07) is 6.03. The number of nitrogens with one attached hydrogen (secondary N) is 1. The summed E-state index contributed by atoms with van der Waals surface area (Å²) in [6.45, 7) is 7.15. The van der Waals surface area contributed by atoms with E-state index in [0.717, 1.165) is 30.0 Å². The third-order valence-electron chi connectivity index (χ3n) is 3.51. The smallest absolute Gasteiger partial charge is 0.123 e. The lowest BCUT2D eigenvalue weighted by atomic mass is 9.92. The molecule has 4 nitrogen and oxygen atoms in total. The van der Waals surface area contributed by atoms with Crippen LogP contribution in [0.25, 0.3) is 0 Å². The predicted octanol–water partition coefficient (Wildman–Crippen LogP) is 3.17. The molecule has 1 aromatic rings. The van der Waals surface area contributed by atoms with Gasteiger partial charge in [-0.2, -0.15) is 0 Å². The first-order valence-corrected chi connectivity index (χ1v) is 6.97. The molecule has 1 atom stereocenters. The van der Waals surface area contributed by atoms with Crippen LogP contribution < -0.4 is 14.8 Å². The van der Waals surface area contributed by atoms with Crippen molar-refractivity contribution >= 4 is 0 Å². The van der Waals surface area contributed by atoms with E-state index >= 15 is 0 Å². The van der Waals surface area contributed by atoms with Gasteiger partial charge in [-0.3, -0.25) is 0 Å². The highest BCUT2D eigenvalue weighted by molar-refractivity contribution is 5.42. The van der Waals surface area contributed by atoms with Gasteiger partial charge < -0.3 is 19.5 Å². The molecule has 0 aromatic heterocycles. The largest absolute Gasteiger partial charge is 0.497 e. The minimum atomic E-state index is -0.207. The van der Waals surface area contributed by atoms with Gasteiger partial charge in [-0.15, -0.1) is 0 Å². The molecule has 1 unspecified atom stereocenters. The van der Waals surface area contributed by atoms with Crippen LogP contribution in [-0.2, 0) is 4.74 Å². The highest BCUT2D eigenvalue weighted by Crippen LogP contribution is 2.34. The molecule has 0 heterocycles. The van der Waals surface area contributed by atoms with E-state index in [1.807, 2.05) is 18.2 Å². The van der Waals surface area contributed by atoms with Gasteiger partial charge >= 0.3 is 0 Å². The first kappa shape index (κ1) is 16.8. The maximum Gasteiger partial charge on any atom is 0.123 e. The maximum atomic E-state index is 5.55. The maximum absolute atomic E-state index is 5.55. The van der Waals surface area contributed by atoms with E-state index in [1.165, 1.54) is 0 Å². The Bertz CT molecular complexity index is 418. The monoisotopic (exact) mass is 281 g/mol. The number of ether oxygens (including phenoxy) is 3. The van der Waals surface area contributed by atoms with Crippen molar-refractivity contribution in [2.45, 2.75) is 38.8 Å². The molecule has 20 heavy (non-hydrogen) atoms. The van der Waals surface area contributed by atoms with Gasteiger partial charge in [-0.05, 0) is 45.0 Å². The predicted molar refractivity (Wildman–Crippen MR) is 81.7 cm³/mol. The highest BCUT2D eigenvalue weighted by Gasteiger charge is 2.25. The summed E-state index contributed by atoms with van der Waals surface area (Å²) in [5, 5.41) is 3.50. The zero-order valence-electron chi connectivity index (χ0n) is 13.4. The molecule has 0 aliphatic heterocycles. The molecule has 114 valence electrons. The Hall–Kier alpha value is -1.26. The SMILES string of the molecule is CCNC(CC(C)(C)OC)c1cc(OC)ccc1OC. The molecule has 0 aliphatic carbocycles. The molecule has 0 amide bonds. The fourth-order valence-electron chi connectivity index (χ4n) is 2.23. The second-order valence-electron chi connectivity index (χ2n) is 5.39. The first-order valence-electron chi connectivity index (χ1n) is 6.97. The van der Waals surface area contributed by atoms with Crippen molar-refractivity contribution in [1.29, 1.82) is 0 Å². The van der Waals surface area contributed by atoms with Crippen LogP contribution in [0.4, 0.5) is 0 Å². The summed E-state index contributed by atoms with van der Waals surface area (Å²) in [5.41, 5.74) is 0.889. The number of hydrogen-bond donors (Lipinski definition) is 1. The Morgan fingerprint density at radius 3 is 2.35 bits per heavy atom. The van der Waals surface area contributed by atoms with Crippen molar-refractivity contribution in [1.82, 2.24) is 5.32 Å². The van der Waals surface area contributed by atoms with Crippen molar-refractivity contribution in [2.75, 3.05) is 27.9 Å². The zero-order chi connectivity index (χ0) is 15.2. The summed E-state index contributed by atoms with van der Waals surface area (Å²) < 4.78 is 16.4. The lowest BCUT2D eigenvalue weighted by molar-refractivity contribution is 0.00679. The van der Waals surface area contributed by atoms with E-state index < -0.39 is 0 Å². The Labute approximate surface area is 122 Å². The second-order valence-corrected chi connectivity index (χ2v) is 5.39. The van der Waals surface area contributed by atoms with Crippen LogP contribution in [0.5, 0.6) is 11.5 Å². The summed E-state index contributed by atoms with van der Waals surface area (Å²) in [6.07, 6.45) is 0.848. The van der Waals surface area contributed by atoms with Gasteiger partial charge in [0.05, 0.1) is 19.8 Å². The highest BCUT2D eigenvalue weighted by atomic mass is 16.5. The van der Waals surface area contributed by atoms with Gasteiger partial charge in [-0.1, -0.05) is 6.92 Å². The summed E-state index contributed by atoms with van der Waals surface area (Å²) in [4.78, 5) is 0. The number of methoxy groups -OCH3 is 3. The van der Waals surface area contributed by atoms with Crippen molar-refractivity contribution in [3.63, 3.8) is 0 Å². The molecule has 0 fully saturated rings. The lowest BCUT2D eigenvalue weighted by Crippen LogP contribution is -2.32. The Morgan fingerprint density at radius 2 is 1.85 bits per heavy atom. The molecule has 0 spiro atoms. The molecule has 0 radical (unpaired) electrons. The average molecular weight is 281 g/mol. The van der Waals surface area contributed by atoms with Crippen molar-refractivity contribution < 1.29 is 14.2 Å². The molecule has 0 aliphatic rings. The van der Waals surface area contributed by atoms with Gasteiger partial charge in [-0.25, -0.2) is 0 Å². The van der Waals surface area contributed by atoms with E-state index in [1.54, 1.807) is 21.3 Å². The van der Waals surface area contributed by atoms with Crippen LogP contribution in [0.15, 0.2) is 18.2 Å². The van der Waals surface area contributed by atoms with Crippen LogP contribution in [-0.4, -0.2) is 33.5 Å². The number of hydrogen-bond acceptors (Lipinski definition) is 4. The van der Waals surface area contributed by atoms with Crippen LogP contribution in [0.1, 0.15) is 38.8 Å². The van der Waals surface area contributed by atoms with Crippen LogP contribution in [0, 0.1) is 0 Å². The topological polar surface area (TPSA) is 39.7 Å². The summed E-state index contributed by atoms with van der Waals surface area (Å²) >= 11 is 0. The molecule has 4 heteroatoms. The Balaban J connectivity index is 3.12. The molecular formula is C16H27NO3. The van der Waals surface area contributed by atoms with Gasteiger partial charge in [0, 0.05) is 18.7 Å². The number of rotatable bonds is 8. The Kier molecular flexibility index (Phi) is 6.30. The van der Waals surface area contributed by atoms with Gasteiger partial charge in [0.25, 0.3) is 0 Å². The van der Waals surface area contributed by atoms with Crippen molar-refractivity contribution in [3.8, 4) is 11.5 Å². The van der Waals surface area contributed by atoms with Crippen LogP contribution >= 0.6 is 0 Å². The second kappa shape index (κ2) is 7.50. The van der Waals surface area contributed by atoms with E-state index in [9.17, 15) is 0 Å². The van der Waals surface area contributed by atoms with E-state index in [4.69, 9.17) is 14.2 Å². The molecule has 0 saturated heterocycles. The fourth-order valence-corrected chi connectivity index (χ4v) is 2.23. The standard InChI is InChI=1S/C16H27NO3/c1-7-17-14(11-16(2,3)20-6)13-10-12(18-4)8-9-15(13)19-5/h8-10,14,17H,7,11H2,1-6H3. The minimum Gasteiger partial charge on any atom is -0.497 e. The lowest BCUT2D eigenvalue weighted by Gasteiger charge is -2.30. The van der Waals surface area contributed by atoms with Gasteiger partial charge in [0.15, 0.2) is 0 Å². The average Bonchev–Trinajstić information content (AvgIpc) is 2.46. The van der Waals surface area contributed by atoms with E-state index in [2.05, 4.69) is 26.1 Å². The van der Waals surface area contributed by atoms with Crippen molar-refractivity contribution in [2.24, 2.45) is 0 Å². The van der Waals surface area contributed by atoms with Gasteiger partial charge in [0.1, 0.15) is 11.5 Å². The van der Waals surface area contributed by atoms with Crippen LogP contribution in [0.2, 0.25) is 0 Å². The van der Waals surface area contributed by atoms with E-state index in [-0.39, 0.29) is 11.6 Å². The molecule has 1 rings (SSSR count). The Morgan fingerprint density at radius 1 is 1.15 bits per heavy atom. The molecular weight excluding hydrogens is 254 g/mol. The summed E-state index contributed by atoms with van der Waals surface area (Å²) in [7, 11) is 5.11. The zero-order valence-corrected chi connectivity index (χ0v) is 13.4. The fraction of sp³-hybridized carbons (Fsp3) is 0.625. The normalized spacial score (nSPS) is 13.1. The minimum absolute atomic E-state index is 0.153. The molecule has 1 aromatic carbocycles. The van der Waals surface area contributed by atoms with Crippen LogP contribution in [0.3, 0.4) is 0 Å². The van der Waals surface area contributed by atoms with Crippen molar-refractivity contribution in [3.05, 3.63) is 23.8 Å². The molecule has 0 bridgehead atoms. The third-order valence-corrected chi connectivity index (χ3v) is 3.51. The molecule has 0 saturated carbocycles. The first-order chi connectivity index (χ1) is 9.47. The third kappa shape index (κ3) is 4.39. The molecule has 1 N–H and O–H groups in total. The van der Waals surface area contributed by atoms with Gasteiger partial charge in [0.2, 0.25) is 0 Å². The summed E-state index contributed by atoms with van der Waals surface area (Å²) in [5.74, 6) is 1.70.